The summed E-state index contributed by atoms with van der Waals surface area (Å²) in [5, 5.41) is 31.1. The van der Waals surface area contributed by atoms with Crippen LogP contribution < -0.4 is 5.32 Å². The Balaban J connectivity index is 2.95. The molecule has 1 aliphatic heterocycles. The number of aromatic hydroxyl groups is 1. The van der Waals surface area contributed by atoms with Gasteiger partial charge in [-0.05, 0) is 31.5 Å². The van der Waals surface area contributed by atoms with Crippen molar-refractivity contribution in [2.75, 3.05) is 13.2 Å². The van der Waals surface area contributed by atoms with Gasteiger partial charge in [-0.1, -0.05) is 12.1 Å². The Morgan fingerprint density at radius 1 is 0.879 bits per heavy atom. The first-order chi connectivity index (χ1) is 15.0. The van der Waals surface area contributed by atoms with Crippen molar-refractivity contribution in [3.8, 4) is 5.75 Å². The number of halogens is 6. The van der Waals surface area contributed by atoms with Crippen molar-refractivity contribution in [3.63, 3.8) is 0 Å². The van der Waals surface area contributed by atoms with Crippen molar-refractivity contribution in [1.29, 1.82) is 0 Å². The van der Waals surface area contributed by atoms with E-state index in [9.17, 15) is 51.3 Å². The Morgan fingerprint density at radius 2 is 1.24 bits per heavy atom. The quantitative estimate of drug-likeness (QED) is 0.366. The van der Waals surface area contributed by atoms with E-state index in [2.05, 4.69) is 9.47 Å². The van der Waals surface area contributed by atoms with Gasteiger partial charge in [-0.3, -0.25) is 9.59 Å². The Morgan fingerprint density at radius 3 is 1.55 bits per heavy atom. The molecule has 5 atom stereocenters. The monoisotopic (exact) mass is 489 g/mol. The van der Waals surface area contributed by atoms with Crippen LogP contribution in [0.1, 0.15) is 25.3 Å². The number of carbonyl (C=O) groups excluding carboxylic acids is 2. The lowest BCUT2D eigenvalue weighted by atomic mass is 9.64. The minimum atomic E-state index is -5.96. The molecular formula is C19H21F6NO7. The minimum absolute atomic E-state index is 0.440. The standard InChI is InChI=1S/C19H21F6NO7/c1-3-32-14(28)12-11(9-5-7-10(27)8-6-9)13(15(29)33-4-2)17(31,19(23,24)25)26-16(12,30)18(20,21)22/h5-8,11-13,26-27,30-31H,3-4H2,1-2H3/t11?,12-,13+,16-,17-/m1/s1. The third-order valence-electron chi connectivity index (χ3n) is 5.22. The predicted molar refractivity (Wildman–Crippen MR) is 96.2 cm³/mol. The molecule has 0 spiro atoms. The van der Waals surface area contributed by atoms with E-state index < -0.39 is 78.0 Å². The molecule has 0 bridgehead atoms. The molecule has 2 rings (SSSR count). The van der Waals surface area contributed by atoms with Crippen LogP contribution in [-0.2, 0) is 19.1 Å². The highest BCUT2D eigenvalue weighted by Gasteiger charge is 2.78. The van der Waals surface area contributed by atoms with Crippen LogP contribution >= 0.6 is 0 Å². The van der Waals surface area contributed by atoms with Gasteiger partial charge < -0.3 is 24.8 Å². The summed E-state index contributed by atoms with van der Waals surface area (Å²) < 4.78 is 93.1. The molecule has 14 heteroatoms. The summed E-state index contributed by atoms with van der Waals surface area (Å²) in [4.78, 5) is 25.2. The van der Waals surface area contributed by atoms with Crippen LogP contribution in [0.2, 0.25) is 0 Å². The Labute approximate surface area is 183 Å². The van der Waals surface area contributed by atoms with Gasteiger partial charge in [0.25, 0.3) is 0 Å². The average Bonchev–Trinajstić information content (AvgIpc) is 2.66. The van der Waals surface area contributed by atoms with Crippen molar-refractivity contribution < 1.29 is 60.7 Å². The van der Waals surface area contributed by atoms with Gasteiger partial charge in [0, 0.05) is 5.92 Å². The zero-order chi connectivity index (χ0) is 25.4. The lowest BCUT2D eigenvalue weighted by molar-refractivity contribution is -0.376. The van der Waals surface area contributed by atoms with Crippen LogP contribution in [0.25, 0.3) is 0 Å². The van der Waals surface area contributed by atoms with E-state index in [1.807, 2.05) is 0 Å². The highest BCUT2D eigenvalue weighted by atomic mass is 19.4. The fraction of sp³-hybridized carbons (Fsp3) is 0.579. The average molecular weight is 489 g/mol. The fourth-order valence-corrected chi connectivity index (χ4v) is 3.83. The molecule has 33 heavy (non-hydrogen) atoms. The van der Waals surface area contributed by atoms with E-state index in [-0.39, 0.29) is 0 Å². The molecular weight excluding hydrogens is 468 g/mol. The minimum Gasteiger partial charge on any atom is -0.508 e. The maximum absolute atomic E-state index is 14.0. The second-order valence-corrected chi connectivity index (χ2v) is 7.23. The van der Waals surface area contributed by atoms with E-state index in [0.29, 0.717) is 5.32 Å². The summed E-state index contributed by atoms with van der Waals surface area (Å²) in [5.74, 6) is -12.3. The van der Waals surface area contributed by atoms with Gasteiger partial charge in [0.15, 0.2) is 0 Å². The third-order valence-corrected chi connectivity index (χ3v) is 5.22. The maximum atomic E-state index is 14.0. The Kier molecular flexibility index (Phi) is 7.26. The second-order valence-electron chi connectivity index (χ2n) is 7.23. The fourth-order valence-electron chi connectivity index (χ4n) is 3.83. The molecule has 1 aromatic carbocycles. The largest absolute Gasteiger partial charge is 0.508 e. The van der Waals surface area contributed by atoms with E-state index in [4.69, 9.17) is 0 Å². The number of ether oxygens (including phenoxy) is 2. The van der Waals surface area contributed by atoms with Gasteiger partial charge in [0.2, 0.25) is 11.4 Å². The molecule has 4 N–H and O–H groups in total. The van der Waals surface area contributed by atoms with Crippen LogP contribution in [0.4, 0.5) is 26.3 Å². The molecule has 0 aromatic heterocycles. The highest BCUT2D eigenvalue weighted by molar-refractivity contribution is 5.81. The van der Waals surface area contributed by atoms with Crippen molar-refractivity contribution in [2.24, 2.45) is 11.8 Å². The number of esters is 2. The van der Waals surface area contributed by atoms with E-state index in [1.54, 1.807) is 0 Å². The number of carbonyl (C=O) groups is 2. The first-order valence-corrected chi connectivity index (χ1v) is 9.54. The molecule has 0 amide bonds. The van der Waals surface area contributed by atoms with Crippen LogP contribution in [0.3, 0.4) is 0 Å². The molecule has 1 unspecified atom stereocenters. The zero-order valence-corrected chi connectivity index (χ0v) is 17.2. The van der Waals surface area contributed by atoms with Gasteiger partial charge in [0.05, 0.1) is 13.2 Å². The number of nitrogens with one attached hydrogen (secondary N) is 1. The smallest absolute Gasteiger partial charge is 0.432 e. The predicted octanol–water partition coefficient (Wildman–Crippen LogP) is 1.94. The molecule has 1 heterocycles. The van der Waals surface area contributed by atoms with E-state index >= 15 is 0 Å². The zero-order valence-electron chi connectivity index (χ0n) is 17.2. The SMILES string of the molecule is CCOC(=O)[C@@H]1C(c2ccc(O)cc2)[C@H](C(=O)OCC)[C@@](O)(C(F)(F)F)N[C@]1(O)C(F)(F)F. The van der Waals surface area contributed by atoms with Crippen molar-refractivity contribution in [3.05, 3.63) is 29.8 Å². The number of benzene rings is 1. The number of phenols is 1. The summed E-state index contributed by atoms with van der Waals surface area (Å²) in [7, 11) is 0. The molecule has 0 radical (unpaired) electrons. The molecule has 186 valence electrons. The normalized spacial score (nSPS) is 30.5. The molecule has 1 saturated heterocycles. The molecule has 1 aromatic rings. The van der Waals surface area contributed by atoms with E-state index in [0.717, 1.165) is 24.3 Å². The second kappa shape index (κ2) is 8.99. The van der Waals surface area contributed by atoms with E-state index in [1.165, 1.54) is 13.8 Å². The molecule has 0 aliphatic carbocycles. The summed E-state index contributed by atoms with van der Waals surface area (Å²) in [6.07, 6.45) is -11.9. The molecule has 1 aliphatic rings. The number of alkyl halides is 6. The Hall–Kier alpha value is -2.58. The van der Waals surface area contributed by atoms with Crippen LogP contribution in [-0.4, -0.2) is 64.3 Å². The highest BCUT2D eigenvalue weighted by Crippen LogP contribution is 2.55. The first-order valence-electron chi connectivity index (χ1n) is 9.54. The maximum Gasteiger partial charge on any atom is 0.432 e. The van der Waals surface area contributed by atoms with Gasteiger partial charge in [-0.15, -0.1) is 0 Å². The van der Waals surface area contributed by atoms with Gasteiger partial charge >= 0.3 is 24.3 Å². The van der Waals surface area contributed by atoms with Crippen molar-refractivity contribution in [2.45, 2.75) is 43.6 Å². The molecule has 0 saturated carbocycles. The summed E-state index contributed by atoms with van der Waals surface area (Å²) in [6.45, 7) is 1.37. The third kappa shape index (κ3) is 4.59. The van der Waals surface area contributed by atoms with Crippen LogP contribution in [0, 0.1) is 11.8 Å². The van der Waals surface area contributed by atoms with Crippen LogP contribution in [0.5, 0.6) is 5.75 Å². The van der Waals surface area contributed by atoms with Crippen LogP contribution in [0.15, 0.2) is 24.3 Å². The molecule has 1 fully saturated rings. The summed E-state index contributed by atoms with van der Waals surface area (Å²) in [6, 6.07) is 3.44. The van der Waals surface area contributed by atoms with Crippen molar-refractivity contribution >= 4 is 11.9 Å². The topological polar surface area (TPSA) is 125 Å². The van der Waals surface area contributed by atoms with Gasteiger partial charge in [-0.2, -0.15) is 26.3 Å². The number of hydrogen-bond donors (Lipinski definition) is 4. The number of hydrogen-bond acceptors (Lipinski definition) is 8. The lowest BCUT2D eigenvalue weighted by Gasteiger charge is -2.54. The number of phenolic OH excluding ortho intramolecular Hbond substituents is 1. The lowest BCUT2D eigenvalue weighted by Crippen LogP contribution is -2.81. The van der Waals surface area contributed by atoms with Gasteiger partial charge in [0.1, 0.15) is 17.6 Å². The number of aliphatic hydroxyl groups is 2. The summed E-state index contributed by atoms with van der Waals surface area (Å²) >= 11 is 0. The summed E-state index contributed by atoms with van der Waals surface area (Å²) in [5.41, 5.74) is -9.89. The van der Waals surface area contributed by atoms with Gasteiger partial charge in [-0.25, -0.2) is 5.32 Å². The van der Waals surface area contributed by atoms with Crippen molar-refractivity contribution in [1.82, 2.24) is 5.32 Å². The Bertz CT molecular complexity index is 827. The number of piperidine rings is 1. The first kappa shape index (κ1) is 26.7. The number of rotatable bonds is 5. The molecule has 8 nitrogen and oxygen atoms in total.